The molecule has 0 atom stereocenters. The van der Waals surface area contributed by atoms with Gasteiger partial charge < -0.3 is 9.80 Å². The van der Waals surface area contributed by atoms with Crippen LogP contribution in [-0.4, -0.2) is 72.0 Å². The monoisotopic (exact) mass is 381 g/mol. The molecule has 1 saturated heterocycles. The molecule has 4 heteroatoms. The first-order valence-electron chi connectivity index (χ1n) is 11.4. The lowest BCUT2D eigenvalue weighted by Gasteiger charge is -2.47. The molecule has 0 unspecified atom stereocenters. The van der Waals surface area contributed by atoms with Crippen LogP contribution in [0.1, 0.15) is 43.7 Å². The van der Waals surface area contributed by atoms with E-state index in [1.807, 2.05) is 0 Å². The smallest absolute Gasteiger partial charge is 0.243 e. The average molecular weight is 382 g/mol. The fraction of sp³-hybridized carbons (Fsp3) is 0.708. The van der Waals surface area contributed by atoms with E-state index in [1.165, 1.54) is 36.8 Å². The van der Waals surface area contributed by atoms with Gasteiger partial charge >= 0.3 is 0 Å². The standard InChI is InChI=1S/C24H35N3O/c1-3-26-12-14-27(15-13-26)24(16-20-6-4-5-7-21(20)17-24)23(28)25(2)22(18-8-9-18)19-10-11-19/h4-7,18-19,22H,3,8-17H2,1-2H3. The third-order valence-electron chi connectivity index (χ3n) is 7.88. The summed E-state index contributed by atoms with van der Waals surface area (Å²) in [6, 6.07) is 9.24. The Kier molecular flexibility index (Phi) is 4.75. The van der Waals surface area contributed by atoms with E-state index < -0.39 is 0 Å². The van der Waals surface area contributed by atoms with E-state index in [4.69, 9.17) is 0 Å². The Bertz CT molecular complexity index is 694. The number of fused-ring (bicyclic) bond motifs is 1. The van der Waals surface area contributed by atoms with E-state index in [0.29, 0.717) is 11.9 Å². The quantitative estimate of drug-likeness (QED) is 0.758. The molecule has 5 rings (SSSR count). The van der Waals surface area contributed by atoms with Gasteiger partial charge in [-0.05, 0) is 55.2 Å². The molecule has 4 aliphatic rings. The summed E-state index contributed by atoms with van der Waals surface area (Å²) in [6.07, 6.45) is 7.06. The number of piperazine rings is 1. The highest BCUT2D eigenvalue weighted by atomic mass is 16.2. The van der Waals surface area contributed by atoms with Gasteiger partial charge in [-0.1, -0.05) is 31.2 Å². The van der Waals surface area contributed by atoms with E-state index in [9.17, 15) is 4.79 Å². The zero-order valence-corrected chi connectivity index (χ0v) is 17.6. The van der Waals surface area contributed by atoms with Crippen LogP contribution in [0.3, 0.4) is 0 Å². The van der Waals surface area contributed by atoms with Crippen molar-refractivity contribution in [3.05, 3.63) is 35.4 Å². The Balaban J connectivity index is 1.44. The summed E-state index contributed by atoms with van der Waals surface area (Å²) in [7, 11) is 2.12. The predicted octanol–water partition coefficient (Wildman–Crippen LogP) is 2.81. The van der Waals surface area contributed by atoms with Gasteiger partial charge in [0.2, 0.25) is 5.91 Å². The van der Waals surface area contributed by atoms with Crippen molar-refractivity contribution >= 4 is 5.91 Å². The second kappa shape index (κ2) is 7.14. The van der Waals surface area contributed by atoms with Gasteiger partial charge in [-0.25, -0.2) is 0 Å². The maximum absolute atomic E-state index is 14.2. The molecule has 1 amide bonds. The molecule has 28 heavy (non-hydrogen) atoms. The van der Waals surface area contributed by atoms with Gasteiger partial charge in [0.25, 0.3) is 0 Å². The largest absolute Gasteiger partial charge is 0.341 e. The number of carbonyl (C=O) groups is 1. The van der Waals surface area contributed by atoms with Crippen molar-refractivity contribution in [2.24, 2.45) is 11.8 Å². The van der Waals surface area contributed by atoms with E-state index in [-0.39, 0.29) is 5.54 Å². The van der Waals surface area contributed by atoms with Crippen molar-refractivity contribution in [1.82, 2.24) is 14.7 Å². The van der Waals surface area contributed by atoms with Crippen molar-refractivity contribution in [2.45, 2.75) is 57.0 Å². The Morgan fingerprint density at radius 3 is 2.04 bits per heavy atom. The van der Waals surface area contributed by atoms with Crippen molar-refractivity contribution < 1.29 is 4.79 Å². The highest BCUT2D eigenvalue weighted by molar-refractivity contribution is 5.88. The number of nitrogens with zero attached hydrogens (tertiary/aromatic N) is 3. The van der Waals surface area contributed by atoms with Crippen LogP contribution in [-0.2, 0) is 17.6 Å². The minimum Gasteiger partial charge on any atom is -0.341 e. The number of likely N-dealkylation sites (N-methyl/N-ethyl adjacent to an activating group) is 2. The minimum atomic E-state index is -0.361. The molecule has 0 spiro atoms. The van der Waals surface area contributed by atoms with Crippen LogP contribution < -0.4 is 0 Å². The van der Waals surface area contributed by atoms with E-state index in [1.54, 1.807) is 0 Å². The van der Waals surface area contributed by atoms with Crippen LogP contribution >= 0.6 is 0 Å². The summed E-state index contributed by atoms with van der Waals surface area (Å²) in [5.74, 6) is 1.93. The zero-order chi connectivity index (χ0) is 19.3. The molecule has 3 fully saturated rings. The summed E-state index contributed by atoms with van der Waals surface area (Å²) >= 11 is 0. The fourth-order valence-electron chi connectivity index (χ4n) is 5.95. The molecule has 2 saturated carbocycles. The molecule has 1 heterocycles. The summed E-state index contributed by atoms with van der Waals surface area (Å²) < 4.78 is 0. The number of hydrogen-bond donors (Lipinski definition) is 0. The van der Waals surface area contributed by atoms with Crippen LogP contribution in [0.5, 0.6) is 0 Å². The second-order valence-electron chi connectivity index (χ2n) is 9.66. The summed E-state index contributed by atoms with van der Waals surface area (Å²) in [6.45, 7) is 7.55. The Hall–Kier alpha value is -1.39. The fourth-order valence-corrected chi connectivity index (χ4v) is 5.95. The van der Waals surface area contributed by atoms with Gasteiger partial charge in [-0.3, -0.25) is 9.69 Å². The molecule has 0 radical (unpaired) electrons. The van der Waals surface area contributed by atoms with E-state index >= 15 is 0 Å². The third-order valence-corrected chi connectivity index (χ3v) is 7.88. The highest BCUT2D eigenvalue weighted by Crippen LogP contribution is 2.48. The predicted molar refractivity (Wildman–Crippen MR) is 112 cm³/mol. The first kappa shape index (κ1) is 18.6. The Labute approximate surface area is 169 Å². The van der Waals surface area contributed by atoms with Crippen molar-refractivity contribution in [3.8, 4) is 0 Å². The highest BCUT2D eigenvalue weighted by Gasteiger charge is 2.53. The van der Waals surface area contributed by atoms with Crippen molar-refractivity contribution in [3.63, 3.8) is 0 Å². The Morgan fingerprint density at radius 2 is 1.57 bits per heavy atom. The molecule has 4 nitrogen and oxygen atoms in total. The molecule has 0 bridgehead atoms. The molecule has 1 aromatic carbocycles. The number of rotatable bonds is 6. The maximum atomic E-state index is 14.2. The molecule has 3 aliphatic carbocycles. The molecule has 0 N–H and O–H groups in total. The molecular weight excluding hydrogens is 346 g/mol. The lowest BCUT2D eigenvalue weighted by atomic mass is 9.89. The van der Waals surface area contributed by atoms with Crippen molar-refractivity contribution in [1.29, 1.82) is 0 Å². The zero-order valence-electron chi connectivity index (χ0n) is 17.6. The van der Waals surface area contributed by atoms with Gasteiger partial charge in [0.15, 0.2) is 0 Å². The van der Waals surface area contributed by atoms with Crippen molar-refractivity contribution in [2.75, 3.05) is 39.8 Å². The summed E-state index contributed by atoms with van der Waals surface area (Å²) in [4.78, 5) is 21.4. The first-order chi connectivity index (χ1) is 13.6. The van der Waals surface area contributed by atoms with Gasteiger partial charge in [-0.2, -0.15) is 0 Å². The average Bonchev–Trinajstić information content (AvgIpc) is 3.66. The number of hydrogen-bond acceptors (Lipinski definition) is 3. The number of carbonyl (C=O) groups excluding carboxylic acids is 1. The number of amides is 1. The second-order valence-corrected chi connectivity index (χ2v) is 9.66. The van der Waals surface area contributed by atoms with E-state index in [0.717, 1.165) is 57.4 Å². The normalized spacial score (nSPS) is 25.1. The van der Waals surface area contributed by atoms with Gasteiger partial charge in [0.05, 0.1) is 0 Å². The maximum Gasteiger partial charge on any atom is 0.243 e. The first-order valence-corrected chi connectivity index (χ1v) is 11.4. The van der Waals surface area contributed by atoms with Crippen LogP contribution in [0.4, 0.5) is 0 Å². The minimum absolute atomic E-state index is 0.361. The van der Waals surface area contributed by atoms with Crippen LogP contribution in [0.2, 0.25) is 0 Å². The summed E-state index contributed by atoms with van der Waals surface area (Å²) in [5, 5.41) is 0. The van der Waals surface area contributed by atoms with Gasteiger partial charge in [0, 0.05) is 52.1 Å². The molecule has 1 aliphatic heterocycles. The number of benzene rings is 1. The van der Waals surface area contributed by atoms with E-state index in [2.05, 4.69) is 52.9 Å². The molecule has 0 aromatic heterocycles. The van der Waals surface area contributed by atoms with Crippen LogP contribution in [0.15, 0.2) is 24.3 Å². The third kappa shape index (κ3) is 3.19. The Morgan fingerprint density at radius 1 is 1.04 bits per heavy atom. The molecule has 1 aromatic rings. The topological polar surface area (TPSA) is 26.8 Å². The van der Waals surface area contributed by atoms with Gasteiger partial charge in [-0.15, -0.1) is 0 Å². The molecule has 152 valence electrons. The summed E-state index contributed by atoms with van der Waals surface area (Å²) in [5.41, 5.74) is 2.41. The van der Waals surface area contributed by atoms with Crippen LogP contribution in [0, 0.1) is 11.8 Å². The lowest BCUT2D eigenvalue weighted by molar-refractivity contribution is -0.147. The lowest BCUT2D eigenvalue weighted by Crippen LogP contribution is -2.65. The SMILES string of the molecule is CCN1CCN(C2(C(=O)N(C)C(C3CC3)C3CC3)Cc3ccccc3C2)CC1. The van der Waals surface area contributed by atoms with Crippen LogP contribution in [0.25, 0.3) is 0 Å². The molecular formula is C24H35N3O. The van der Waals surface area contributed by atoms with Gasteiger partial charge in [0.1, 0.15) is 5.54 Å².